The minimum atomic E-state index is -0.288. The maximum Gasteiger partial charge on any atom is 0.337 e. The van der Waals surface area contributed by atoms with Crippen LogP contribution in [0.5, 0.6) is 0 Å². The highest BCUT2D eigenvalue weighted by molar-refractivity contribution is 6.07. The summed E-state index contributed by atoms with van der Waals surface area (Å²) in [4.78, 5) is 11.5. The van der Waals surface area contributed by atoms with Crippen molar-refractivity contribution in [2.24, 2.45) is 0 Å². The number of esters is 1. The Morgan fingerprint density at radius 2 is 1.94 bits per heavy atom. The maximum atomic E-state index is 11.5. The Labute approximate surface area is 93.2 Å². The van der Waals surface area contributed by atoms with Gasteiger partial charge in [-0.25, -0.2) is 4.79 Å². The summed E-state index contributed by atoms with van der Waals surface area (Å²) in [5.41, 5.74) is 2.91. The Balaban J connectivity index is 2.33. The van der Waals surface area contributed by atoms with Gasteiger partial charge in [-0.3, -0.25) is 0 Å². The van der Waals surface area contributed by atoms with Gasteiger partial charge in [-0.1, -0.05) is 30.4 Å². The molecule has 2 heteroatoms. The number of carbonyl (C=O) groups excluding carboxylic acids is 1. The van der Waals surface area contributed by atoms with Crippen LogP contribution >= 0.6 is 0 Å². The molecule has 0 aromatic heterocycles. The zero-order chi connectivity index (χ0) is 11.1. The first-order valence-electron chi connectivity index (χ1n) is 5.13. The van der Waals surface area contributed by atoms with Gasteiger partial charge in [-0.2, -0.15) is 0 Å². The third-order valence-electron chi connectivity index (χ3n) is 2.90. The second-order valence-electron chi connectivity index (χ2n) is 3.84. The van der Waals surface area contributed by atoms with Crippen molar-refractivity contribution in [1.82, 2.24) is 0 Å². The van der Waals surface area contributed by atoms with Crippen molar-refractivity contribution in [2.75, 3.05) is 7.11 Å². The van der Waals surface area contributed by atoms with E-state index in [0.29, 0.717) is 5.56 Å². The highest BCUT2D eigenvalue weighted by Gasteiger charge is 2.13. The summed E-state index contributed by atoms with van der Waals surface area (Å²) in [5, 5.41) is 2.30. The summed E-state index contributed by atoms with van der Waals surface area (Å²) in [6.45, 7) is 0. The SMILES string of the molecule is COC(=O)c1cc2c3c(cccc3c1)C=C2. The minimum Gasteiger partial charge on any atom is -0.465 e. The van der Waals surface area contributed by atoms with E-state index in [9.17, 15) is 4.79 Å². The van der Waals surface area contributed by atoms with Gasteiger partial charge in [-0.05, 0) is 34.0 Å². The summed E-state index contributed by atoms with van der Waals surface area (Å²) in [6, 6.07) is 9.84. The van der Waals surface area contributed by atoms with Crippen molar-refractivity contribution >= 4 is 28.9 Å². The standard InChI is InChI=1S/C14H10O2/c1-16-14(15)12-7-10-4-2-3-9-5-6-11(8-12)13(9)10/h2-8H,1H3. The number of hydrogen-bond donors (Lipinski definition) is 0. The fourth-order valence-electron chi connectivity index (χ4n) is 2.18. The van der Waals surface area contributed by atoms with Crippen LogP contribution < -0.4 is 0 Å². The molecule has 1 aliphatic rings. The van der Waals surface area contributed by atoms with E-state index < -0.39 is 0 Å². The van der Waals surface area contributed by atoms with E-state index in [1.165, 1.54) is 18.1 Å². The topological polar surface area (TPSA) is 26.3 Å². The molecule has 0 unspecified atom stereocenters. The van der Waals surface area contributed by atoms with Gasteiger partial charge in [0.05, 0.1) is 12.7 Å². The highest BCUT2D eigenvalue weighted by Crippen LogP contribution is 2.32. The second-order valence-corrected chi connectivity index (χ2v) is 3.84. The molecule has 16 heavy (non-hydrogen) atoms. The molecule has 0 bridgehead atoms. The predicted octanol–water partition coefficient (Wildman–Crippen LogP) is 3.11. The van der Waals surface area contributed by atoms with E-state index in [-0.39, 0.29) is 5.97 Å². The molecule has 2 aromatic carbocycles. The van der Waals surface area contributed by atoms with Gasteiger partial charge in [0, 0.05) is 0 Å². The van der Waals surface area contributed by atoms with Crippen LogP contribution in [0.3, 0.4) is 0 Å². The smallest absolute Gasteiger partial charge is 0.337 e. The Hall–Kier alpha value is -2.09. The van der Waals surface area contributed by atoms with Crippen LogP contribution in [0.4, 0.5) is 0 Å². The van der Waals surface area contributed by atoms with Crippen molar-refractivity contribution in [3.05, 3.63) is 47.0 Å². The maximum absolute atomic E-state index is 11.5. The van der Waals surface area contributed by atoms with E-state index >= 15 is 0 Å². The van der Waals surface area contributed by atoms with E-state index in [1.807, 2.05) is 30.3 Å². The van der Waals surface area contributed by atoms with Crippen LogP contribution in [0, 0.1) is 0 Å². The molecule has 0 amide bonds. The van der Waals surface area contributed by atoms with Crippen LogP contribution in [0.1, 0.15) is 21.5 Å². The summed E-state index contributed by atoms with van der Waals surface area (Å²) >= 11 is 0. The molecule has 78 valence electrons. The largest absolute Gasteiger partial charge is 0.465 e. The normalized spacial score (nSPS) is 12.1. The predicted molar refractivity (Wildman–Crippen MR) is 64.2 cm³/mol. The molecule has 0 atom stereocenters. The molecular formula is C14H10O2. The minimum absolute atomic E-state index is 0.288. The van der Waals surface area contributed by atoms with Crippen LogP contribution in [0.25, 0.3) is 22.9 Å². The molecule has 0 fully saturated rings. The van der Waals surface area contributed by atoms with Gasteiger partial charge in [0.2, 0.25) is 0 Å². The Bertz CT molecular complexity index is 624. The summed E-state index contributed by atoms with van der Waals surface area (Å²) in [7, 11) is 1.40. The molecule has 1 aliphatic carbocycles. The van der Waals surface area contributed by atoms with Gasteiger partial charge < -0.3 is 4.74 Å². The van der Waals surface area contributed by atoms with Gasteiger partial charge in [-0.15, -0.1) is 0 Å². The first kappa shape index (κ1) is 9.16. The molecule has 2 aromatic rings. The summed E-state index contributed by atoms with van der Waals surface area (Å²) < 4.78 is 4.74. The highest BCUT2D eigenvalue weighted by atomic mass is 16.5. The van der Waals surface area contributed by atoms with Gasteiger partial charge >= 0.3 is 5.97 Å². The molecule has 0 N–H and O–H groups in total. The average molecular weight is 210 g/mol. The van der Waals surface area contributed by atoms with Crippen molar-refractivity contribution in [2.45, 2.75) is 0 Å². The summed E-state index contributed by atoms with van der Waals surface area (Å²) in [6.07, 6.45) is 4.10. The van der Waals surface area contributed by atoms with Crippen molar-refractivity contribution in [1.29, 1.82) is 0 Å². The zero-order valence-electron chi connectivity index (χ0n) is 8.86. The second kappa shape index (κ2) is 3.20. The van der Waals surface area contributed by atoms with Crippen LogP contribution in [0.2, 0.25) is 0 Å². The van der Waals surface area contributed by atoms with Crippen molar-refractivity contribution < 1.29 is 9.53 Å². The summed E-state index contributed by atoms with van der Waals surface area (Å²) in [5.74, 6) is -0.288. The zero-order valence-corrected chi connectivity index (χ0v) is 8.86. The molecule has 0 heterocycles. The monoisotopic (exact) mass is 210 g/mol. The van der Waals surface area contributed by atoms with Gasteiger partial charge in [0.15, 0.2) is 0 Å². The molecular weight excluding hydrogens is 200 g/mol. The fourth-order valence-corrected chi connectivity index (χ4v) is 2.18. The fraction of sp³-hybridized carbons (Fsp3) is 0.0714. The van der Waals surface area contributed by atoms with Gasteiger partial charge in [0.1, 0.15) is 0 Å². The average Bonchev–Trinajstić information content (AvgIpc) is 2.73. The lowest BCUT2D eigenvalue weighted by molar-refractivity contribution is 0.0601. The van der Waals surface area contributed by atoms with Crippen LogP contribution in [-0.2, 0) is 4.74 Å². The Morgan fingerprint density at radius 3 is 2.75 bits per heavy atom. The van der Waals surface area contributed by atoms with Crippen LogP contribution in [-0.4, -0.2) is 13.1 Å². The third kappa shape index (κ3) is 1.16. The lowest BCUT2D eigenvalue weighted by atomic mass is 10.0. The number of hydrogen-bond acceptors (Lipinski definition) is 2. The number of ether oxygens (including phenoxy) is 1. The van der Waals surface area contributed by atoms with E-state index in [2.05, 4.69) is 12.1 Å². The Kier molecular flexibility index (Phi) is 1.83. The van der Waals surface area contributed by atoms with E-state index in [4.69, 9.17) is 4.74 Å². The van der Waals surface area contributed by atoms with E-state index in [0.717, 1.165) is 10.9 Å². The van der Waals surface area contributed by atoms with E-state index in [1.54, 1.807) is 0 Å². The molecule has 0 saturated heterocycles. The van der Waals surface area contributed by atoms with Crippen molar-refractivity contribution in [3.63, 3.8) is 0 Å². The lowest BCUT2D eigenvalue weighted by Crippen LogP contribution is -2.01. The van der Waals surface area contributed by atoms with Crippen molar-refractivity contribution in [3.8, 4) is 0 Å². The number of methoxy groups -OCH3 is 1. The Morgan fingerprint density at radius 1 is 1.12 bits per heavy atom. The quantitative estimate of drug-likeness (QED) is 0.577. The third-order valence-corrected chi connectivity index (χ3v) is 2.90. The van der Waals surface area contributed by atoms with Crippen LogP contribution in [0.15, 0.2) is 30.3 Å². The van der Waals surface area contributed by atoms with Gasteiger partial charge in [0.25, 0.3) is 0 Å². The number of benzene rings is 2. The molecule has 2 nitrogen and oxygen atoms in total. The molecule has 0 radical (unpaired) electrons. The molecule has 0 spiro atoms. The number of rotatable bonds is 1. The first-order valence-corrected chi connectivity index (χ1v) is 5.13. The molecule has 3 rings (SSSR count). The first-order chi connectivity index (χ1) is 7.79. The lowest BCUT2D eigenvalue weighted by Gasteiger charge is -2.05. The molecule has 0 aliphatic heterocycles. The number of carbonyl (C=O) groups is 1. The molecule has 0 saturated carbocycles.